The molecule has 0 aromatic rings. The van der Waals surface area contributed by atoms with Crippen molar-refractivity contribution in [3.63, 3.8) is 0 Å². The molecule has 0 amide bonds. The van der Waals surface area contributed by atoms with E-state index in [4.69, 9.17) is 9.47 Å². The van der Waals surface area contributed by atoms with Gasteiger partial charge in [-0.2, -0.15) is 0 Å². The first-order valence-corrected chi connectivity index (χ1v) is 8.17. The topological polar surface area (TPSA) is 52.6 Å². The Labute approximate surface area is 131 Å². The van der Waals surface area contributed by atoms with Crippen LogP contribution < -0.4 is 0 Å². The van der Waals surface area contributed by atoms with Crippen LogP contribution in [-0.2, 0) is 19.1 Å². The monoisotopic (exact) mass is 304 g/mol. The van der Waals surface area contributed by atoms with E-state index in [-0.39, 0.29) is 29.9 Å². The first-order chi connectivity index (χ1) is 10.4. The van der Waals surface area contributed by atoms with Crippen LogP contribution >= 0.6 is 0 Å². The van der Waals surface area contributed by atoms with Crippen LogP contribution in [0.15, 0.2) is 23.3 Å². The maximum Gasteiger partial charge on any atom is 0.334 e. The van der Waals surface area contributed by atoms with Crippen molar-refractivity contribution in [1.82, 2.24) is 0 Å². The highest BCUT2D eigenvalue weighted by Crippen LogP contribution is 2.53. The van der Waals surface area contributed by atoms with Gasteiger partial charge in [0.25, 0.3) is 0 Å². The number of fused-ring (bicyclic) bond motifs is 3. The van der Waals surface area contributed by atoms with Crippen molar-refractivity contribution in [2.75, 3.05) is 0 Å². The van der Waals surface area contributed by atoms with E-state index in [1.807, 2.05) is 6.92 Å². The Morgan fingerprint density at radius 3 is 2.86 bits per heavy atom. The standard InChI is InChI=1S/C18H24O4/c1-5-14(19)22-18(4)9-8-12-10(2)6-7-13-11(3)17(20)21-16(13)15(12)18/h13,15-16H,3,5-9H2,1-2,4H3/t13-,15-,16-,18+/m0/s1. The quantitative estimate of drug-likeness (QED) is 0.446. The lowest BCUT2D eigenvalue weighted by atomic mass is 9.79. The minimum absolute atomic E-state index is 0.0290. The predicted octanol–water partition coefficient (Wildman–Crippen LogP) is 3.32. The smallest absolute Gasteiger partial charge is 0.334 e. The molecular weight excluding hydrogens is 280 g/mol. The molecule has 3 aliphatic rings. The fourth-order valence-electron chi connectivity index (χ4n) is 4.34. The molecule has 1 heterocycles. The van der Waals surface area contributed by atoms with Crippen LogP contribution in [0, 0.1) is 11.8 Å². The molecule has 0 unspecified atom stereocenters. The Kier molecular flexibility index (Phi) is 3.66. The maximum absolute atomic E-state index is 12.0. The fourth-order valence-corrected chi connectivity index (χ4v) is 4.34. The average Bonchev–Trinajstić information content (AvgIpc) is 2.89. The molecule has 2 fully saturated rings. The van der Waals surface area contributed by atoms with Gasteiger partial charge in [0.1, 0.15) is 11.7 Å². The number of hydrogen-bond donors (Lipinski definition) is 0. The van der Waals surface area contributed by atoms with Gasteiger partial charge in [-0.1, -0.05) is 24.6 Å². The molecule has 0 aromatic heterocycles. The van der Waals surface area contributed by atoms with Gasteiger partial charge in [0.2, 0.25) is 0 Å². The van der Waals surface area contributed by atoms with Crippen molar-refractivity contribution in [2.45, 2.75) is 64.6 Å². The van der Waals surface area contributed by atoms with Gasteiger partial charge in [-0.15, -0.1) is 0 Å². The van der Waals surface area contributed by atoms with Crippen LogP contribution in [0.4, 0.5) is 0 Å². The van der Waals surface area contributed by atoms with Crippen LogP contribution in [0.2, 0.25) is 0 Å². The molecule has 1 saturated carbocycles. The van der Waals surface area contributed by atoms with E-state index in [1.165, 1.54) is 11.1 Å². The lowest BCUT2D eigenvalue weighted by Crippen LogP contribution is -2.43. The van der Waals surface area contributed by atoms with Gasteiger partial charge >= 0.3 is 11.9 Å². The molecule has 1 saturated heterocycles. The molecule has 4 nitrogen and oxygen atoms in total. The summed E-state index contributed by atoms with van der Waals surface area (Å²) >= 11 is 0. The molecule has 3 rings (SSSR count). The van der Waals surface area contributed by atoms with E-state index in [1.54, 1.807) is 6.92 Å². The summed E-state index contributed by atoms with van der Waals surface area (Å²) in [5.74, 6) is -0.461. The van der Waals surface area contributed by atoms with Crippen LogP contribution in [0.3, 0.4) is 0 Å². The zero-order valence-electron chi connectivity index (χ0n) is 13.6. The number of allylic oxidation sites excluding steroid dienone is 1. The number of hydrogen-bond acceptors (Lipinski definition) is 4. The van der Waals surface area contributed by atoms with Gasteiger partial charge in [-0.3, -0.25) is 4.79 Å². The van der Waals surface area contributed by atoms with Crippen molar-refractivity contribution in [1.29, 1.82) is 0 Å². The molecular formula is C18H24O4. The zero-order valence-corrected chi connectivity index (χ0v) is 13.6. The maximum atomic E-state index is 12.0. The molecule has 0 spiro atoms. The summed E-state index contributed by atoms with van der Waals surface area (Å²) in [4.78, 5) is 23.8. The summed E-state index contributed by atoms with van der Waals surface area (Å²) in [6, 6.07) is 0. The SMILES string of the molecule is C=C1C(=O)O[C@H]2[C@H]1CCC(C)=C1CC[C@@](C)(OC(=O)CC)[C@@H]12. The molecule has 0 N–H and O–H groups in total. The normalized spacial score (nSPS) is 37.5. The van der Waals surface area contributed by atoms with Crippen LogP contribution in [-0.4, -0.2) is 23.6 Å². The lowest BCUT2D eigenvalue weighted by molar-refractivity contribution is -0.166. The first-order valence-electron chi connectivity index (χ1n) is 8.17. The Morgan fingerprint density at radius 1 is 1.45 bits per heavy atom. The van der Waals surface area contributed by atoms with Crippen LogP contribution in [0.5, 0.6) is 0 Å². The molecule has 0 aromatic carbocycles. The van der Waals surface area contributed by atoms with Gasteiger partial charge < -0.3 is 9.47 Å². The second-order valence-electron chi connectivity index (χ2n) is 6.96. The highest BCUT2D eigenvalue weighted by Gasteiger charge is 2.56. The number of rotatable bonds is 2. The van der Waals surface area contributed by atoms with E-state index in [0.29, 0.717) is 12.0 Å². The van der Waals surface area contributed by atoms with Gasteiger partial charge in [-0.05, 0) is 39.5 Å². The number of ether oxygens (including phenoxy) is 2. The molecule has 4 heteroatoms. The molecule has 4 atom stereocenters. The Balaban J connectivity index is 2.00. The van der Waals surface area contributed by atoms with Crippen LogP contribution in [0.25, 0.3) is 0 Å². The first kappa shape index (κ1) is 15.3. The highest BCUT2D eigenvalue weighted by atomic mass is 16.6. The summed E-state index contributed by atoms with van der Waals surface area (Å²) in [5, 5.41) is 0. The van der Waals surface area contributed by atoms with Crippen molar-refractivity contribution in [2.24, 2.45) is 11.8 Å². The van der Waals surface area contributed by atoms with Gasteiger partial charge in [0.15, 0.2) is 0 Å². The van der Waals surface area contributed by atoms with Gasteiger partial charge in [0, 0.05) is 17.9 Å². The number of esters is 2. The van der Waals surface area contributed by atoms with Crippen molar-refractivity contribution in [3.05, 3.63) is 23.3 Å². The summed E-state index contributed by atoms with van der Waals surface area (Å²) < 4.78 is 11.5. The second-order valence-corrected chi connectivity index (χ2v) is 6.96. The van der Waals surface area contributed by atoms with E-state index in [9.17, 15) is 9.59 Å². The van der Waals surface area contributed by atoms with Crippen molar-refractivity contribution in [3.8, 4) is 0 Å². The number of carbonyl (C=O) groups is 2. The molecule has 0 radical (unpaired) electrons. The third-order valence-corrected chi connectivity index (χ3v) is 5.62. The van der Waals surface area contributed by atoms with Gasteiger partial charge in [-0.25, -0.2) is 4.79 Å². The average molecular weight is 304 g/mol. The Hall–Kier alpha value is -1.58. The van der Waals surface area contributed by atoms with E-state index >= 15 is 0 Å². The molecule has 22 heavy (non-hydrogen) atoms. The third-order valence-electron chi connectivity index (χ3n) is 5.62. The Morgan fingerprint density at radius 2 is 2.18 bits per heavy atom. The molecule has 120 valence electrons. The minimum Gasteiger partial charge on any atom is -0.459 e. The highest BCUT2D eigenvalue weighted by molar-refractivity contribution is 5.91. The van der Waals surface area contributed by atoms with Crippen molar-refractivity contribution < 1.29 is 19.1 Å². The van der Waals surface area contributed by atoms with E-state index in [0.717, 1.165) is 25.7 Å². The second kappa shape index (κ2) is 5.25. The predicted molar refractivity (Wildman–Crippen MR) is 82.0 cm³/mol. The molecule has 1 aliphatic heterocycles. The Bertz CT molecular complexity index is 574. The molecule has 2 aliphatic carbocycles. The van der Waals surface area contributed by atoms with Gasteiger partial charge in [0.05, 0.1) is 5.92 Å². The largest absolute Gasteiger partial charge is 0.459 e. The summed E-state index contributed by atoms with van der Waals surface area (Å²) in [6.45, 7) is 9.87. The van der Waals surface area contributed by atoms with E-state index in [2.05, 4.69) is 13.5 Å². The number of carbonyl (C=O) groups excluding carboxylic acids is 2. The summed E-state index contributed by atoms with van der Waals surface area (Å²) in [6.07, 6.45) is 3.69. The zero-order chi connectivity index (χ0) is 16.1. The van der Waals surface area contributed by atoms with Crippen molar-refractivity contribution >= 4 is 11.9 Å². The van der Waals surface area contributed by atoms with Crippen LogP contribution in [0.1, 0.15) is 52.9 Å². The third kappa shape index (κ3) is 2.20. The minimum atomic E-state index is -0.582. The summed E-state index contributed by atoms with van der Waals surface area (Å²) in [5.41, 5.74) is 2.68. The van der Waals surface area contributed by atoms with E-state index < -0.39 is 5.60 Å². The fraction of sp³-hybridized carbons (Fsp3) is 0.667. The lowest BCUT2D eigenvalue weighted by Gasteiger charge is -2.36. The summed E-state index contributed by atoms with van der Waals surface area (Å²) in [7, 11) is 0. The molecule has 0 bridgehead atoms.